The number of fused-ring (bicyclic) bond motifs is 12. The van der Waals surface area contributed by atoms with Crippen LogP contribution in [0, 0.1) is 0 Å². The average Bonchev–Trinajstić information content (AvgIpc) is 3.72. The van der Waals surface area contributed by atoms with E-state index in [1.165, 1.54) is 22.3 Å². The van der Waals surface area contributed by atoms with Crippen LogP contribution in [0.25, 0.3) is 88.6 Å². The predicted molar refractivity (Wildman–Crippen MR) is 183 cm³/mol. The van der Waals surface area contributed by atoms with Crippen molar-refractivity contribution in [1.82, 2.24) is 9.97 Å². The van der Waals surface area contributed by atoms with E-state index < -0.39 is 0 Å². The Balaban J connectivity index is 1.37. The highest BCUT2D eigenvalue weighted by Crippen LogP contribution is 2.55. The minimum Gasteiger partial charge on any atom is -0.456 e. The first-order chi connectivity index (χ1) is 22.1. The van der Waals surface area contributed by atoms with Gasteiger partial charge in [-0.25, -0.2) is 9.97 Å². The molecular weight excluding hydrogens is 552 g/mol. The summed E-state index contributed by atoms with van der Waals surface area (Å²) >= 11 is 0. The zero-order valence-electron chi connectivity index (χ0n) is 24.8. The van der Waals surface area contributed by atoms with Gasteiger partial charge in [0.1, 0.15) is 22.3 Å². The van der Waals surface area contributed by atoms with Crippen LogP contribution >= 0.6 is 0 Å². The monoisotopic (exact) mass is 578 g/mol. The summed E-state index contributed by atoms with van der Waals surface area (Å²) in [5.41, 5.74) is 11.9. The number of rotatable bonds is 2. The van der Waals surface area contributed by atoms with Crippen molar-refractivity contribution in [3.63, 3.8) is 0 Å². The van der Waals surface area contributed by atoms with E-state index in [-0.39, 0.29) is 5.41 Å². The number of para-hydroxylation sites is 2. The second-order valence-electron chi connectivity index (χ2n) is 12.5. The van der Waals surface area contributed by atoms with E-state index in [9.17, 15) is 0 Å². The molecule has 4 heteroatoms. The number of furan rings is 2. The third kappa shape index (κ3) is 3.26. The Kier molecular flexibility index (Phi) is 4.76. The molecular formula is C41H26N2O2. The van der Waals surface area contributed by atoms with Crippen molar-refractivity contribution in [2.45, 2.75) is 19.3 Å². The van der Waals surface area contributed by atoms with Crippen LogP contribution in [0.1, 0.15) is 25.0 Å². The maximum absolute atomic E-state index is 6.72. The van der Waals surface area contributed by atoms with Gasteiger partial charge in [0.05, 0.1) is 16.8 Å². The van der Waals surface area contributed by atoms with E-state index in [1.807, 2.05) is 30.3 Å². The highest BCUT2D eigenvalue weighted by Gasteiger charge is 2.38. The second-order valence-corrected chi connectivity index (χ2v) is 12.5. The zero-order chi connectivity index (χ0) is 29.9. The molecule has 1 aliphatic rings. The van der Waals surface area contributed by atoms with E-state index in [4.69, 9.17) is 18.8 Å². The fraction of sp³-hybridized carbons (Fsp3) is 0.0732. The van der Waals surface area contributed by atoms with Crippen LogP contribution in [0.15, 0.2) is 130 Å². The van der Waals surface area contributed by atoms with E-state index in [0.717, 1.165) is 71.6 Å². The van der Waals surface area contributed by atoms with Gasteiger partial charge < -0.3 is 8.83 Å². The van der Waals surface area contributed by atoms with E-state index in [2.05, 4.69) is 105 Å². The summed E-state index contributed by atoms with van der Waals surface area (Å²) in [5, 5.41) is 5.31. The maximum atomic E-state index is 6.72. The molecule has 0 saturated carbocycles. The Morgan fingerprint density at radius 1 is 0.533 bits per heavy atom. The molecule has 3 aromatic heterocycles. The van der Waals surface area contributed by atoms with Crippen LogP contribution in [-0.4, -0.2) is 9.97 Å². The lowest BCUT2D eigenvalue weighted by atomic mass is 9.81. The minimum atomic E-state index is -0.200. The normalized spacial score (nSPS) is 13.7. The number of nitrogens with zero attached hydrogens (tertiary/aromatic N) is 2. The molecule has 0 fully saturated rings. The second kappa shape index (κ2) is 8.67. The van der Waals surface area contributed by atoms with Gasteiger partial charge in [0, 0.05) is 37.9 Å². The molecule has 0 amide bonds. The fourth-order valence-electron chi connectivity index (χ4n) is 7.59. The summed E-state index contributed by atoms with van der Waals surface area (Å²) in [7, 11) is 0. The first-order valence-electron chi connectivity index (χ1n) is 15.3. The topological polar surface area (TPSA) is 52.1 Å². The standard InChI is InChI=1S/C41H26N2O2/c1-41(2)28-17-9-6-14-24(28)34-29(41)22-27(39-36(34)26-16-8-11-19-32(26)45-39)40-42-30-20-21-33-35(25-15-7-10-18-31(25)44-33)37(30)38(43-40)23-12-4-3-5-13-23/h3-22H,1-2H3. The van der Waals surface area contributed by atoms with Crippen molar-refractivity contribution >= 4 is 54.8 Å². The van der Waals surface area contributed by atoms with Crippen molar-refractivity contribution < 1.29 is 8.83 Å². The third-order valence-corrected chi connectivity index (χ3v) is 9.68. The Hall–Kier alpha value is -5.74. The van der Waals surface area contributed by atoms with Gasteiger partial charge in [-0.2, -0.15) is 0 Å². The quantitative estimate of drug-likeness (QED) is 0.205. The first kappa shape index (κ1) is 24.7. The summed E-state index contributed by atoms with van der Waals surface area (Å²) in [6, 6.07) is 42.0. The van der Waals surface area contributed by atoms with E-state index >= 15 is 0 Å². The molecule has 0 saturated heterocycles. The molecule has 0 spiro atoms. The van der Waals surface area contributed by atoms with Crippen molar-refractivity contribution in [3.8, 4) is 33.8 Å². The fourth-order valence-corrected chi connectivity index (χ4v) is 7.59. The summed E-state index contributed by atoms with van der Waals surface area (Å²) in [6.07, 6.45) is 0. The smallest absolute Gasteiger partial charge is 0.164 e. The molecule has 0 aliphatic heterocycles. The first-order valence-corrected chi connectivity index (χ1v) is 15.3. The molecule has 0 unspecified atom stereocenters. The van der Waals surface area contributed by atoms with Gasteiger partial charge in [0.2, 0.25) is 0 Å². The molecule has 0 bridgehead atoms. The van der Waals surface area contributed by atoms with Crippen molar-refractivity contribution in [2.75, 3.05) is 0 Å². The van der Waals surface area contributed by atoms with Gasteiger partial charge in [0.25, 0.3) is 0 Å². The number of benzene rings is 6. The highest BCUT2D eigenvalue weighted by molar-refractivity contribution is 6.22. The lowest BCUT2D eigenvalue weighted by Gasteiger charge is -2.22. The molecule has 0 N–H and O–H groups in total. The zero-order valence-corrected chi connectivity index (χ0v) is 24.8. The summed E-state index contributed by atoms with van der Waals surface area (Å²) < 4.78 is 13.0. The van der Waals surface area contributed by atoms with Crippen molar-refractivity contribution in [1.29, 1.82) is 0 Å². The Bertz CT molecular complexity index is 2680. The maximum Gasteiger partial charge on any atom is 0.164 e. The Labute approximate surface area is 258 Å². The van der Waals surface area contributed by atoms with Gasteiger partial charge in [0.15, 0.2) is 5.82 Å². The third-order valence-electron chi connectivity index (χ3n) is 9.68. The van der Waals surface area contributed by atoms with Crippen LogP contribution in [0.3, 0.4) is 0 Å². The number of hydrogen-bond acceptors (Lipinski definition) is 4. The summed E-state index contributed by atoms with van der Waals surface area (Å²) in [6.45, 7) is 4.62. The molecule has 3 heterocycles. The molecule has 4 nitrogen and oxygen atoms in total. The number of aromatic nitrogens is 2. The van der Waals surface area contributed by atoms with Crippen molar-refractivity contribution in [2.24, 2.45) is 0 Å². The molecule has 45 heavy (non-hydrogen) atoms. The van der Waals surface area contributed by atoms with Gasteiger partial charge in [-0.1, -0.05) is 105 Å². The minimum absolute atomic E-state index is 0.200. The number of hydrogen-bond donors (Lipinski definition) is 0. The lowest BCUT2D eigenvalue weighted by molar-refractivity contribution is 0.657. The summed E-state index contributed by atoms with van der Waals surface area (Å²) in [4.78, 5) is 10.7. The average molecular weight is 579 g/mol. The molecule has 9 aromatic rings. The summed E-state index contributed by atoms with van der Waals surface area (Å²) in [5.74, 6) is 0.645. The molecule has 1 aliphatic carbocycles. The van der Waals surface area contributed by atoms with Crippen molar-refractivity contribution in [3.05, 3.63) is 132 Å². The van der Waals surface area contributed by atoms with Gasteiger partial charge in [-0.3, -0.25) is 0 Å². The van der Waals surface area contributed by atoms with E-state index in [1.54, 1.807) is 0 Å². The van der Waals surface area contributed by atoms with Crippen LogP contribution in [0.5, 0.6) is 0 Å². The van der Waals surface area contributed by atoms with Gasteiger partial charge in [-0.15, -0.1) is 0 Å². The Morgan fingerprint density at radius 2 is 1.22 bits per heavy atom. The SMILES string of the molecule is CC1(C)c2ccccc2-c2c1cc(-c1nc(-c3ccccc3)c3c(ccc4oc5ccccc5c43)n1)c1oc3ccccc3c21. The molecule has 10 rings (SSSR count). The lowest BCUT2D eigenvalue weighted by Crippen LogP contribution is -2.15. The molecule has 0 atom stereocenters. The largest absolute Gasteiger partial charge is 0.456 e. The van der Waals surface area contributed by atoms with Crippen LogP contribution < -0.4 is 0 Å². The van der Waals surface area contributed by atoms with E-state index in [0.29, 0.717) is 5.82 Å². The van der Waals surface area contributed by atoms with Gasteiger partial charge in [-0.05, 0) is 52.6 Å². The predicted octanol–water partition coefficient (Wildman–Crippen LogP) is 11.1. The Morgan fingerprint density at radius 3 is 2.04 bits per heavy atom. The molecule has 212 valence electrons. The van der Waals surface area contributed by atoms with Crippen LogP contribution in [-0.2, 0) is 5.41 Å². The van der Waals surface area contributed by atoms with Crippen LogP contribution in [0.2, 0.25) is 0 Å². The molecule has 6 aromatic carbocycles. The highest BCUT2D eigenvalue weighted by atomic mass is 16.3. The van der Waals surface area contributed by atoms with Gasteiger partial charge >= 0.3 is 0 Å². The van der Waals surface area contributed by atoms with Crippen LogP contribution in [0.4, 0.5) is 0 Å². The molecule has 0 radical (unpaired) electrons.